The monoisotopic (exact) mass is 387 g/mol. The standard InChI is InChI=1S/C20H26ClN5O/c1-3-22-20(24-13-15-6-4-7-17(12-15)27-2)25-16-9-11-26(14-16)19-18(21)8-5-10-23-19/h4-8,10,12,16H,3,9,11,13-14H2,1-2H3,(H2,22,24,25). The number of halogens is 1. The number of nitrogens with one attached hydrogen (secondary N) is 2. The SMILES string of the molecule is CCNC(=NCc1cccc(OC)c1)NC1CCN(c2ncccc2Cl)C1. The molecule has 1 aromatic carbocycles. The molecule has 3 rings (SSSR count). The number of hydrogen-bond donors (Lipinski definition) is 2. The van der Waals surface area contributed by atoms with Gasteiger partial charge in [0.25, 0.3) is 0 Å². The number of guanidine groups is 1. The first-order valence-corrected chi connectivity index (χ1v) is 9.60. The summed E-state index contributed by atoms with van der Waals surface area (Å²) in [5, 5.41) is 7.54. The van der Waals surface area contributed by atoms with E-state index in [2.05, 4.69) is 33.5 Å². The Labute approximate surface area is 165 Å². The summed E-state index contributed by atoms with van der Waals surface area (Å²) >= 11 is 6.28. The maximum Gasteiger partial charge on any atom is 0.191 e. The number of methoxy groups -OCH3 is 1. The molecule has 2 aromatic rings. The third-order valence-corrected chi connectivity index (χ3v) is 4.76. The summed E-state index contributed by atoms with van der Waals surface area (Å²) in [6.07, 6.45) is 2.79. The second-order valence-electron chi connectivity index (χ2n) is 6.43. The van der Waals surface area contributed by atoms with Crippen molar-refractivity contribution in [3.8, 4) is 5.75 Å². The van der Waals surface area contributed by atoms with Gasteiger partial charge in [-0.15, -0.1) is 0 Å². The Morgan fingerprint density at radius 1 is 1.37 bits per heavy atom. The van der Waals surface area contributed by atoms with Gasteiger partial charge >= 0.3 is 0 Å². The second-order valence-corrected chi connectivity index (χ2v) is 6.84. The minimum absolute atomic E-state index is 0.297. The van der Waals surface area contributed by atoms with Crippen LogP contribution in [0.4, 0.5) is 5.82 Å². The van der Waals surface area contributed by atoms with Crippen molar-refractivity contribution in [1.82, 2.24) is 15.6 Å². The van der Waals surface area contributed by atoms with Crippen LogP contribution < -0.4 is 20.3 Å². The molecule has 0 radical (unpaired) electrons. The average molecular weight is 388 g/mol. The quantitative estimate of drug-likeness (QED) is 0.589. The fourth-order valence-electron chi connectivity index (χ4n) is 3.14. The van der Waals surface area contributed by atoms with Crippen LogP contribution in [0.3, 0.4) is 0 Å². The first kappa shape index (κ1) is 19.3. The van der Waals surface area contributed by atoms with E-state index in [1.54, 1.807) is 13.3 Å². The van der Waals surface area contributed by atoms with Gasteiger partial charge in [-0.2, -0.15) is 0 Å². The van der Waals surface area contributed by atoms with Crippen LogP contribution in [0.2, 0.25) is 5.02 Å². The Morgan fingerprint density at radius 2 is 2.26 bits per heavy atom. The lowest BCUT2D eigenvalue weighted by Gasteiger charge is -2.20. The van der Waals surface area contributed by atoms with E-state index in [1.807, 2.05) is 30.3 Å². The van der Waals surface area contributed by atoms with Gasteiger partial charge in [0.05, 0.1) is 18.7 Å². The van der Waals surface area contributed by atoms with Gasteiger partial charge in [-0.1, -0.05) is 23.7 Å². The van der Waals surface area contributed by atoms with E-state index in [0.29, 0.717) is 17.6 Å². The molecule has 1 fully saturated rings. The molecule has 1 atom stereocenters. The largest absolute Gasteiger partial charge is 0.497 e. The fourth-order valence-corrected chi connectivity index (χ4v) is 3.38. The van der Waals surface area contributed by atoms with Crippen LogP contribution >= 0.6 is 11.6 Å². The van der Waals surface area contributed by atoms with Crippen LogP contribution in [-0.2, 0) is 6.54 Å². The predicted octanol–water partition coefficient (Wildman–Crippen LogP) is 3.08. The molecule has 6 nitrogen and oxygen atoms in total. The van der Waals surface area contributed by atoms with Gasteiger partial charge in [0, 0.05) is 31.9 Å². The lowest BCUT2D eigenvalue weighted by Crippen LogP contribution is -2.44. The van der Waals surface area contributed by atoms with Gasteiger partial charge in [0.15, 0.2) is 5.96 Å². The van der Waals surface area contributed by atoms with E-state index in [4.69, 9.17) is 21.3 Å². The van der Waals surface area contributed by atoms with Crippen LogP contribution in [0.5, 0.6) is 5.75 Å². The molecule has 0 bridgehead atoms. The number of rotatable bonds is 6. The summed E-state index contributed by atoms with van der Waals surface area (Å²) in [5.41, 5.74) is 1.11. The normalized spacial score (nSPS) is 17.1. The highest BCUT2D eigenvalue weighted by Crippen LogP contribution is 2.25. The number of hydrogen-bond acceptors (Lipinski definition) is 4. The summed E-state index contributed by atoms with van der Waals surface area (Å²) in [4.78, 5) is 11.3. The maximum atomic E-state index is 6.28. The van der Waals surface area contributed by atoms with Gasteiger partial charge in [-0.05, 0) is 43.2 Å². The minimum Gasteiger partial charge on any atom is -0.497 e. The molecule has 1 aliphatic heterocycles. The summed E-state index contributed by atoms with van der Waals surface area (Å²) < 4.78 is 5.28. The van der Waals surface area contributed by atoms with Crippen LogP contribution in [0.15, 0.2) is 47.6 Å². The number of aromatic nitrogens is 1. The maximum absolute atomic E-state index is 6.28. The van der Waals surface area contributed by atoms with E-state index >= 15 is 0 Å². The van der Waals surface area contributed by atoms with Crippen molar-refractivity contribution >= 4 is 23.4 Å². The van der Waals surface area contributed by atoms with E-state index in [0.717, 1.165) is 49.1 Å². The molecule has 0 saturated carbocycles. The summed E-state index contributed by atoms with van der Waals surface area (Å²) in [5.74, 6) is 2.51. The molecular formula is C20H26ClN5O. The topological polar surface area (TPSA) is 61.8 Å². The zero-order valence-electron chi connectivity index (χ0n) is 15.8. The zero-order chi connectivity index (χ0) is 19.1. The molecule has 2 heterocycles. The molecule has 1 unspecified atom stereocenters. The minimum atomic E-state index is 0.297. The van der Waals surface area contributed by atoms with E-state index in [9.17, 15) is 0 Å². The van der Waals surface area contributed by atoms with Crippen molar-refractivity contribution in [2.24, 2.45) is 4.99 Å². The zero-order valence-corrected chi connectivity index (χ0v) is 16.5. The van der Waals surface area contributed by atoms with Crippen molar-refractivity contribution in [3.05, 3.63) is 53.2 Å². The summed E-state index contributed by atoms with van der Waals surface area (Å²) in [6.45, 7) is 5.24. The van der Waals surface area contributed by atoms with Crippen molar-refractivity contribution in [1.29, 1.82) is 0 Å². The Bertz CT molecular complexity index is 782. The molecule has 0 amide bonds. The molecule has 1 aromatic heterocycles. The third-order valence-electron chi connectivity index (χ3n) is 4.47. The first-order chi connectivity index (χ1) is 13.2. The summed E-state index contributed by atoms with van der Waals surface area (Å²) in [7, 11) is 1.67. The molecule has 27 heavy (non-hydrogen) atoms. The average Bonchev–Trinajstić information content (AvgIpc) is 3.15. The Kier molecular flexibility index (Phi) is 6.76. The third kappa shape index (κ3) is 5.26. The van der Waals surface area contributed by atoms with Crippen LogP contribution in [0, 0.1) is 0 Å². The van der Waals surface area contributed by atoms with Gasteiger partial charge < -0.3 is 20.3 Å². The van der Waals surface area contributed by atoms with E-state index in [1.165, 1.54) is 0 Å². The summed E-state index contributed by atoms with van der Waals surface area (Å²) in [6, 6.07) is 12.0. The van der Waals surface area contributed by atoms with Gasteiger partial charge in [-0.3, -0.25) is 0 Å². The lowest BCUT2D eigenvalue weighted by molar-refractivity contribution is 0.414. The van der Waals surface area contributed by atoms with Crippen molar-refractivity contribution < 1.29 is 4.74 Å². The number of nitrogens with zero attached hydrogens (tertiary/aromatic N) is 3. The Hall–Kier alpha value is -2.47. The Balaban J connectivity index is 1.61. The van der Waals surface area contributed by atoms with Crippen molar-refractivity contribution in [2.45, 2.75) is 25.9 Å². The van der Waals surface area contributed by atoms with Gasteiger partial charge in [0.2, 0.25) is 0 Å². The molecular weight excluding hydrogens is 362 g/mol. The second kappa shape index (κ2) is 9.46. The molecule has 0 aliphatic carbocycles. The van der Waals surface area contributed by atoms with Crippen LogP contribution in [0.25, 0.3) is 0 Å². The van der Waals surface area contributed by atoms with Gasteiger partial charge in [0.1, 0.15) is 11.6 Å². The van der Waals surface area contributed by atoms with E-state index in [-0.39, 0.29) is 0 Å². The number of benzene rings is 1. The number of anilines is 1. The van der Waals surface area contributed by atoms with Crippen LogP contribution in [0.1, 0.15) is 18.9 Å². The number of pyridine rings is 1. The van der Waals surface area contributed by atoms with Crippen LogP contribution in [-0.4, -0.2) is 43.7 Å². The highest BCUT2D eigenvalue weighted by atomic mass is 35.5. The van der Waals surface area contributed by atoms with Crippen molar-refractivity contribution in [2.75, 3.05) is 31.6 Å². The van der Waals surface area contributed by atoms with Crippen molar-refractivity contribution in [3.63, 3.8) is 0 Å². The first-order valence-electron chi connectivity index (χ1n) is 9.23. The predicted molar refractivity (Wildman–Crippen MR) is 111 cm³/mol. The smallest absolute Gasteiger partial charge is 0.191 e. The molecule has 2 N–H and O–H groups in total. The fraction of sp³-hybridized carbons (Fsp3) is 0.400. The van der Waals surface area contributed by atoms with Gasteiger partial charge in [-0.25, -0.2) is 9.98 Å². The molecule has 1 saturated heterocycles. The highest BCUT2D eigenvalue weighted by Gasteiger charge is 2.25. The number of aliphatic imine (C=N–C) groups is 1. The highest BCUT2D eigenvalue weighted by molar-refractivity contribution is 6.32. The van der Waals surface area contributed by atoms with E-state index < -0.39 is 0 Å². The molecule has 1 aliphatic rings. The number of ether oxygens (including phenoxy) is 1. The molecule has 144 valence electrons. The molecule has 7 heteroatoms. The lowest BCUT2D eigenvalue weighted by atomic mass is 10.2. The Morgan fingerprint density at radius 3 is 3.04 bits per heavy atom. The molecule has 0 spiro atoms.